The molecule has 1 heterocycles. The number of carbonyl (C=O) groups is 1. The number of aliphatic imine (C=N–C) groups is 1. The first-order valence-electron chi connectivity index (χ1n) is 10.7. The van der Waals surface area contributed by atoms with Gasteiger partial charge in [0.2, 0.25) is 0 Å². The summed E-state index contributed by atoms with van der Waals surface area (Å²) in [4.78, 5) is 19.2. The fraction of sp³-hybridized carbons (Fsp3) is 0.417. The second kappa shape index (κ2) is 13.2. The largest absolute Gasteiger partial charge is 0.496 e. The molecule has 31 heavy (non-hydrogen) atoms. The van der Waals surface area contributed by atoms with Gasteiger partial charge in [-0.3, -0.25) is 4.79 Å². The number of ether oxygens (including phenoxy) is 1. The summed E-state index contributed by atoms with van der Waals surface area (Å²) in [6.45, 7) is 5.73. The van der Waals surface area contributed by atoms with Crippen molar-refractivity contribution in [2.24, 2.45) is 4.99 Å². The van der Waals surface area contributed by atoms with E-state index < -0.39 is 0 Å². The van der Waals surface area contributed by atoms with E-state index in [1.54, 1.807) is 7.11 Å². The van der Waals surface area contributed by atoms with Gasteiger partial charge in [-0.2, -0.15) is 0 Å². The van der Waals surface area contributed by atoms with Crippen molar-refractivity contribution >= 4 is 35.8 Å². The Hall–Kier alpha value is -2.29. The number of nitrogens with zero attached hydrogens (tertiary/aromatic N) is 2. The number of methoxy groups -OCH3 is 1. The fourth-order valence-electron chi connectivity index (χ4n) is 3.57. The lowest BCUT2D eigenvalue weighted by Crippen LogP contribution is -2.36. The van der Waals surface area contributed by atoms with Gasteiger partial charge in [0.25, 0.3) is 5.91 Å². The van der Waals surface area contributed by atoms with Crippen LogP contribution in [0, 0.1) is 0 Å². The first-order valence-corrected chi connectivity index (χ1v) is 10.7. The maximum absolute atomic E-state index is 12.6. The van der Waals surface area contributed by atoms with Crippen molar-refractivity contribution in [3.63, 3.8) is 0 Å². The van der Waals surface area contributed by atoms with Crippen LogP contribution >= 0.6 is 24.0 Å². The minimum Gasteiger partial charge on any atom is -0.496 e. The predicted octanol–water partition coefficient (Wildman–Crippen LogP) is 4.19. The van der Waals surface area contributed by atoms with Crippen LogP contribution in [0.15, 0.2) is 53.5 Å². The lowest BCUT2D eigenvalue weighted by atomic mass is 10.1. The lowest BCUT2D eigenvalue weighted by Gasteiger charge is -2.26. The van der Waals surface area contributed by atoms with Gasteiger partial charge < -0.3 is 20.3 Å². The highest BCUT2D eigenvalue weighted by molar-refractivity contribution is 14.0. The Bertz CT molecular complexity index is 849. The molecule has 1 saturated heterocycles. The number of rotatable bonds is 7. The second-order valence-corrected chi connectivity index (χ2v) is 7.41. The van der Waals surface area contributed by atoms with Gasteiger partial charge in [0.1, 0.15) is 5.75 Å². The Morgan fingerprint density at radius 3 is 2.42 bits per heavy atom. The molecule has 6 nitrogen and oxygen atoms in total. The van der Waals surface area contributed by atoms with Crippen molar-refractivity contribution in [3.8, 4) is 5.75 Å². The van der Waals surface area contributed by atoms with Crippen LogP contribution in [0.3, 0.4) is 0 Å². The standard InChI is InChI=1S/C24H32N4O2.HI/c1-3-25-24(27-18-21-9-5-6-10-22(21)30-2)26-17-19-11-13-20(14-12-19)23(29)28-15-7-4-8-16-28;/h5-6,9-14H,3-4,7-8,15-18H2,1-2H3,(H2,25,26,27);1H. The average molecular weight is 536 g/mol. The van der Waals surface area contributed by atoms with Crippen LogP contribution in [0.1, 0.15) is 47.7 Å². The number of halogens is 1. The van der Waals surface area contributed by atoms with E-state index in [9.17, 15) is 4.79 Å². The molecule has 1 amide bonds. The molecule has 1 aliphatic heterocycles. The molecule has 0 bridgehead atoms. The molecule has 3 rings (SSSR count). The van der Waals surface area contributed by atoms with E-state index in [4.69, 9.17) is 4.74 Å². The highest BCUT2D eigenvalue weighted by atomic mass is 127. The van der Waals surface area contributed by atoms with Crippen molar-refractivity contribution in [1.82, 2.24) is 15.5 Å². The van der Waals surface area contributed by atoms with Crippen LogP contribution in [0.5, 0.6) is 5.75 Å². The van der Waals surface area contributed by atoms with Crippen molar-refractivity contribution < 1.29 is 9.53 Å². The van der Waals surface area contributed by atoms with Crippen molar-refractivity contribution in [3.05, 3.63) is 65.2 Å². The van der Waals surface area contributed by atoms with E-state index in [-0.39, 0.29) is 29.9 Å². The van der Waals surface area contributed by atoms with Crippen LogP contribution in [-0.4, -0.2) is 43.5 Å². The lowest BCUT2D eigenvalue weighted by molar-refractivity contribution is 0.0724. The molecule has 1 aliphatic rings. The SMILES string of the molecule is CCNC(=NCc1ccc(C(=O)N2CCCCC2)cc1)NCc1ccccc1OC.I. The molecule has 2 aromatic rings. The molecular weight excluding hydrogens is 503 g/mol. The third-order valence-electron chi connectivity index (χ3n) is 5.25. The van der Waals surface area contributed by atoms with E-state index in [2.05, 4.69) is 15.6 Å². The summed E-state index contributed by atoms with van der Waals surface area (Å²) < 4.78 is 5.41. The third kappa shape index (κ3) is 7.41. The molecule has 0 aliphatic carbocycles. The molecule has 7 heteroatoms. The predicted molar refractivity (Wildman–Crippen MR) is 136 cm³/mol. The Kier molecular flexibility index (Phi) is 10.6. The molecule has 0 saturated carbocycles. The van der Waals surface area contributed by atoms with Crippen molar-refractivity contribution in [1.29, 1.82) is 0 Å². The summed E-state index contributed by atoms with van der Waals surface area (Å²) in [5.41, 5.74) is 2.90. The first kappa shape index (κ1) is 25.0. The quantitative estimate of drug-likeness (QED) is 0.317. The number of hydrogen-bond acceptors (Lipinski definition) is 3. The molecule has 2 N–H and O–H groups in total. The topological polar surface area (TPSA) is 66.0 Å². The molecule has 0 radical (unpaired) electrons. The minimum atomic E-state index is 0. The molecular formula is C24H33IN4O2. The fourth-order valence-corrected chi connectivity index (χ4v) is 3.57. The summed E-state index contributed by atoms with van der Waals surface area (Å²) in [6, 6.07) is 15.8. The highest BCUT2D eigenvalue weighted by Crippen LogP contribution is 2.17. The minimum absolute atomic E-state index is 0. The van der Waals surface area contributed by atoms with Crippen LogP contribution in [-0.2, 0) is 13.1 Å². The highest BCUT2D eigenvalue weighted by Gasteiger charge is 2.17. The molecule has 2 aromatic carbocycles. The van der Waals surface area contributed by atoms with Gasteiger partial charge >= 0.3 is 0 Å². The summed E-state index contributed by atoms with van der Waals surface area (Å²) in [7, 11) is 1.68. The Morgan fingerprint density at radius 2 is 1.74 bits per heavy atom. The number of para-hydroxylation sites is 1. The monoisotopic (exact) mass is 536 g/mol. The molecule has 0 aromatic heterocycles. The summed E-state index contributed by atoms with van der Waals surface area (Å²) in [6.07, 6.45) is 3.43. The number of nitrogens with one attached hydrogen (secondary N) is 2. The van der Waals surface area contributed by atoms with Gasteiger partial charge in [0, 0.05) is 37.3 Å². The summed E-state index contributed by atoms with van der Waals surface area (Å²) in [5, 5.41) is 6.62. The Morgan fingerprint density at radius 1 is 1.03 bits per heavy atom. The van der Waals surface area contributed by atoms with Crippen LogP contribution < -0.4 is 15.4 Å². The zero-order valence-corrected chi connectivity index (χ0v) is 20.7. The number of guanidine groups is 1. The maximum atomic E-state index is 12.6. The van der Waals surface area contributed by atoms with Gasteiger partial charge in [-0.05, 0) is 49.9 Å². The zero-order valence-electron chi connectivity index (χ0n) is 18.4. The van der Waals surface area contributed by atoms with Gasteiger partial charge in [-0.25, -0.2) is 4.99 Å². The molecule has 0 unspecified atom stereocenters. The summed E-state index contributed by atoms with van der Waals surface area (Å²) in [5.74, 6) is 1.74. The van der Waals surface area contributed by atoms with Gasteiger partial charge in [-0.1, -0.05) is 30.3 Å². The van der Waals surface area contributed by atoms with Gasteiger partial charge in [-0.15, -0.1) is 24.0 Å². The molecule has 0 atom stereocenters. The maximum Gasteiger partial charge on any atom is 0.253 e. The molecule has 168 valence electrons. The van der Waals surface area contributed by atoms with Crippen molar-refractivity contribution in [2.45, 2.75) is 39.3 Å². The van der Waals surface area contributed by atoms with E-state index in [0.29, 0.717) is 13.1 Å². The van der Waals surface area contributed by atoms with E-state index in [1.165, 1.54) is 6.42 Å². The van der Waals surface area contributed by atoms with E-state index in [1.807, 2.05) is 60.4 Å². The third-order valence-corrected chi connectivity index (χ3v) is 5.25. The number of benzene rings is 2. The first-order chi connectivity index (χ1) is 14.7. The van der Waals surface area contributed by atoms with Crippen molar-refractivity contribution in [2.75, 3.05) is 26.7 Å². The van der Waals surface area contributed by atoms with Gasteiger partial charge in [0.05, 0.1) is 13.7 Å². The van der Waals surface area contributed by atoms with Gasteiger partial charge in [0.15, 0.2) is 5.96 Å². The zero-order chi connectivity index (χ0) is 21.2. The Labute approximate surface area is 202 Å². The van der Waals surface area contributed by atoms with Crippen LogP contribution in [0.25, 0.3) is 0 Å². The number of piperidine rings is 1. The van der Waals surface area contributed by atoms with E-state index >= 15 is 0 Å². The number of carbonyl (C=O) groups excluding carboxylic acids is 1. The number of amides is 1. The smallest absolute Gasteiger partial charge is 0.253 e. The summed E-state index contributed by atoms with van der Waals surface area (Å²) >= 11 is 0. The number of likely N-dealkylation sites (tertiary alicyclic amines) is 1. The second-order valence-electron chi connectivity index (χ2n) is 7.41. The average Bonchev–Trinajstić information content (AvgIpc) is 2.81. The number of hydrogen-bond donors (Lipinski definition) is 2. The molecule has 0 spiro atoms. The Balaban J connectivity index is 0.00000341. The van der Waals surface area contributed by atoms with Crippen LogP contribution in [0.4, 0.5) is 0 Å². The van der Waals surface area contributed by atoms with E-state index in [0.717, 1.165) is 60.9 Å². The van der Waals surface area contributed by atoms with Crippen LogP contribution in [0.2, 0.25) is 0 Å². The molecule has 1 fully saturated rings. The normalized spacial score (nSPS) is 13.9.